The van der Waals surface area contributed by atoms with Crippen molar-refractivity contribution in [2.45, 2.75) is 96.7 Å². The molecule has 0 atom stereocenters. The second kappa shape index (κ2) is 16.3. The topological polar surface area (TPSA) is 155 Å². The van der Waals surface area contributed by atoms with Gasteiger partial charge in [0.15, 0.2) is 5.82 Å². The minimum absolute atomic E-state index is 0.0249. The van der Waals surface area contributed by atoms with Crippen molar-refractivity contribution in [2.75, 3.05) is 44.2 Å². The van der Waals surface area contributed by atoms with Crippen molar-refractivity contribution in [2.24, 2.45) is 23.9 Å². The summed E-state index contributed by atoms with van der Waals surface area (Å²) in [5.41, 5.74) is 17.1. The molecule has 0 radical (unpaired) electrons. The van der Waals surface area contributed by atoms with Crippen LogP contribution in [-0.4, -0.2) is 96.6 Å². The van der Waals surface area contributed by atoms with E-state index >= 15 is 0 Å². The number of carbonyl (C=O) groups is 2. The number of anilines is 2. The Kier molecular flexibility index (Phi) is 11.4. The fourth-order valence-electron chi connectivity index (χ4n) is 9.40. The molecule has 1 saturated carbocycles. The van der Waals surface area contributed by atoms with Gasteiger partial charge in [0.1, 0.15) is 5.70 Å². The zero-order chi connectivity index (χ0) is 39.7. The first-order chi connectivity index (χ1) is 26.8. The number of aryl methyl sites for hydroxylation is 3. The molecule has 1 aromatic carbocycles. The number of fused-ring (bicyclic) bond motifs is 2. The van der Waals surface area contributed by atoms with Crippen molar-refractivity contribution in [3.8, 4) is 0 Å². The first kappa shape index (κ1) is 39.3. The van der Waals surface area contributed by atoms with Gasteiger partial charge in [0.05, 0.1) is 24.6 Å². The fraction of sp³-hybridized carbons (Fsp3) is 0.561. The first-order valence-electron chi connectivity index (χ1n) is 20.0. The normalized spacial score (nSPS) is 20.7. The predicted molar refractivity (Wildman–Crippen MR) is 210 cm³/mol. The summed E-state index contributed by atoms with van der Waals surface area (Å²) in [5.74, 6) is 0.259. The first-order valence-corrected chi connectivity index (χ1v) is 20.0. The summed E-state index contributed by atoms with van der Waals surface area (Å²) < 4.78 is 31.5. The molecule has 5 aliphatic rings. The number of hydrogen-bond acceptors (Lipinski definition) is 9. The Hall–Kier alpha value is -4.92. The van der Waals surface area contributed by atoms with E-state index in [0.29, 0.717) is 31.5 Å². The van der Waals surface area contributed by atoms with Crippen LogP contribution in [0.2, 0.25) is 0 Å². The lowest BCUT2D eigenvalue weighted by molar-refractivity contribution is -0.132. The van der Waals surface area contributed by atoms with E-state index in [1.807, 2.05) is 37.3 Å². The molecule has 13 nitrogen and oxygen atoms in total. The van der Waals surface area contributed by atoms with Gasteiger partial charge in [0, 0.05) is 99.8 Å². The van der Waals surface area contributed by atoms with Crippen LogP contribution < -0.4 is 16.4 Å². The third-order valence-electron chi connectivity index (χ3n) is 12.6. The summed E-state index contributed by atoms with van der Waals surface area (Å²) in [6, 6.07) is 5.82. The molecule has 5 N–H and O–H groups in total. The average Bonchev–Trinajstić information content (AvgIpc) is 3.76. The van der Waals surface area contributed by atoms with Crippen LogP contribution in [0.25, 0.3) is 0 Å². The molecule has 0 unspecified atom stereocenters. The number of aliphatic carboxylic acids is 1. The molecule has 1 aliphatic carbocycles. The molecule has 2 saturated heterocycles. The number of allylic oxidation sites excluding steroid dienone is 2. The highest BCUT2D eigenvalue weighted by Crippen LogP contribution is 2.47. The lowest BCUT2D eigenvalue weighted by atomic mass is 9.67. The van der Waals surface area contributed by atoms with Crippen LogP contribution >= 0.6 is 0 Å². The third-order valence-corrected chi connectivity index (χ3v) is 12.6. The zero-order valence-electron chi connectivity index (χ0n) is 32.8. The van der Waals surface area contributed by atoms with Crippen LogP contribution in [0.4, 0.5) is 20.3 Å². The SMILES string of the molecule is CC(=O)N1CCc2c(c(N3CCCc4ccc(C(F)F)cc43)nn2C2CCN(C3CCC4(CC3)CN(/C(N)=C/C=C(\N)C(=O)O)C4)CC2)C1.Cc1cnn(C)c1. The molecule has 8 rings (SSSR count). The van der Waals surface area contributed by atoms with Gasteiger partial charge in [0.2, 0.25) is 5.91 Å². The van der Waals surface area contributed by atoms with Crippen molar-refractivity contribution in [1.82, 2.24) is 34.3 Å². The van der Waals surface area contributed by atoms with Crippen LogP contribution in [0, 0.1) is 12.3 Å². The van der Waals surface area contributed by atoms with Gasteiger partial charge in [-0.1, -0.05) is 12.1 Å². The van der Waals surface area contributed by atoms with Gasteiger partial charge in [-0.2, -0.15) is 10.2 Å². The lowest BCUT2D eigenvalue weighted by Crippen LogP contribution is -2.59. The number of carboxylic acids is 1. The Labute approximate surface area is 327 Å². The zero-order valence-corrected chi connectivity index (χ0v) is 32.8. The standard InChI is InChI=1S/C36H48F2N8O3.C5H8N2/c1-23(47)43-18-12-30-28(20-43)34(45-15-2-3-24-4-5-25(33(37)38)19-31(24)45)41-46(30)27-10-16-42(17-11-27)26-8-13-36(14-9-26)21-44(22-36)32(40)7-6-29(39)35(48)49;1-5-3-6-7(2)4-5/h4-7,19,26-27,33H,2-3,8-18,20-22,39-40H2,1H3,(H,48,49);3-4H,1-2H3/b29-6-,32-7+;. The molecule has 1 spiro atoms. The Balaban J connectivity index is 0.000000620. The number of likely N-dealkylation sites (tertiary alicyclic amines) is 2. The van der Waals surface area contributed by atoms with Crippen LogP contribution in [0.3, 0.4) is 0 Å². The van der Waals surface area contributed by atoms with Gasteiger partial charge in [-0.3, -0.25) is 14.2 Å². The monoisotopic (exact) mass is 774 g/mol. The van der Waals surface area contributed by atoms with Crippen molar-refractivity contribution < 1.29 is 23.5 Å². The molecule has 56 heavy (non-hydrogen) atoms. The van der Waals surface area contributed by atoms with E-state index in [4.69, 9.17) is 21.7 Å². The number of hydrogen-bond donors (Lipinski definition) is 3. The van der Waals surface area contributed by atoms with E-state index in [-0.39, 0.29) is 28.6 Å². The smallest absolute Gasteiger partial charge is 0.351 e. The summed E-state index contributed by atoms with van der Waals surface area (Å²) in [6.45, 7) is 9.30. The molecule has 0 bridgehead atoms. The van der Waals surface area contributed by atoms with E-state index in [0.717, 1.165) is 107 Å². The van der Waals surface area contributed by atoms with Crippen LogP contribution in [0.5, 0.6) is 0 Å². The van der Waals surface area contributed by atoms with Gasteiger partial charge < -0.3 is 36.2 Å². The maximum absolute atomic E-state index is 13.7. The number of rotatable bonds is 7. The van der Waals surface area contributed by atoms with Gasteiger partial charge >= 0.3 is 5.97 Å². The highest BCUT2D eigenvalue weighted by molar-refractivity contribution is 5.85. The number of piperidine rings is 1. The Morgan fingerprint density at radius 1 is 0.982 bits per heavy atom. The van der Waals surface area contributed by atoms with Crippen LogP contribution in [0.1, 0.15) is 92.3 Å². The highest BCUT2D eigenvalue weighted by atomic mass is 19.3. The third kappa shape index (κ3) is 8.28. The Morgan fingerprint density at radius 3 is 2.32 bits per heavy atom. The Morgan fingerprint density at radius 2 is 1.71 bits per heavy atom. The number of carboxylic acid groups (broad SMARTS) is 1. The highest BCUT2D eigenvalue weighted by Gasteiger charge is 2.46. The van der Waals surface area contributed by atoms with E-state index in [1.54, 1.807) is 23.7 Å². The minimum atomic E-state index is -2.53. The molecule has 302 valence electrons. The van der Waals surface area contributed by atoms with E-state index in [1.165, 1.54) is 23.4 Å². The predicted octanol–water partition coefficient (Wildman–Crippen LogP) is 5.15. The van der Waals surface area contributed by atoms with Gasteiger partial charge in [-0.05, 0) is 87.6 Å². The summed E-state index contributed by atoms with van der Waals surface area (Å²) >= 11 is 0. The van der Waals surface area contributed by atoms with Crippen LogP contribution in [0.15, 0.2) is 54.3 Å². The van der Waals surface area contributed by atoms with E-state index in [9.17, 15) is 18.4 Å². The summed E-state index contributed by atoms with van der Waals surface area (Å²) in [5, 5.41) is 18.2. The number of halogens is 2. The number of carbonyl (C=O) groups excluding carboxylic acids is 1. The molecular formula is C41H56F2N10O3. The molecule has 2 aromatic heterocycles. The average molecular weight is 775 g/mol. The maximum atomic E-state index is 13.7. The molecular weight excluding hydrogens is 719 g/mol. The second-order valence-corrected chi connectivity index (χ2v) is 16.4. The van der Waals surface area contributed by atoms with Gasteiger partial charge in [-0.25, -0.2) is 13.6 Å². The van der Waals surface area contributed by atoms with Gasteiger partial charge in [-0.15, -0.1) is 0 Å². The number of alkyl halides is 2. The van der Waals surface area contributed by atoms with Crippen LogP contribution in [-0.2, 0) is 36.0 Å². The number of nitrogens with zero attached hydrogens (tertiary/aromatic N) is 8. The number of amides is 1. The van der Waals surface area contributed by atoms with Crippen molar-refractivity contribution >= 4 is 23.4 Å². The minimum Gasteiger partial charge on any atom is -0.477 e. The van der Waals surface area contributed by atoms with Gasteiger partial charge in [0.25, 0.3) is 6.43 Å². The molecule has 6 heterocycles. The molecule has 1 amide bonds. The largest absolute Gasteiger partial charge is 0.477 e. The number of nitrogens with two attached hydrogens (primary N) is 2. The summed E-state index contributed by atoms with van der Waals surface area (Å²) in [4.78, 5) is 32.2. The molecule has 15 heteroatoms. The summed E-state index contributed by atoms with van der Waals surface area (Å²) in [7, 11) is 1.91. The lowest BCUT2D eigenvalue weighted by Gasteiger charge is -2.55. The molecule has 3 fully saturated rings. The fourth-order valence-corrected chi connectivity index (χ4v) is 9.40. The number of aromatic nitrogens is 4. The quantitative estimate of drug-likeness (QED) is 0.217. The molecule has 3 aromatic rings. The van der Waals surface area contributed by atoms with Crippen molar-refractivity contribution in [3.63, 3.8) is 0 Å². The Bertz CT molecular complexity index is 1950. The number of benzene rings is 1. The van der Waals surface area contributed by atoms with Crippen molar-refractivity contribution in [1.29, 1.82) is 0 Å². The van der Waals surface area contributed by atoms with Crippen molar-refractivity contribution in [3.05, 3.63) is 82.2 Å². The summed E-state index contributed by atoms with van der Waals surface area (Å²) in [6.07, 6.45) is 13.3. The second-order valence-electron chi connectivity index (χ2n) is 16.4. The van der Waals surface area contributed by atoms with E-state index < -0.39 is 12.4 Å². The van der Waals surface area contributed by atoms with E-state index in [2.05, 4.69) is 24.5 Å². The molecule has 4 aliphatic heterocycles. The maximum Gasteiger partial charge on any atom is 0.351 e.